The van der Waals surface area contributed by atoms with Crippen LogP contribution in [0.5, 0.6) is 11.5 Å². The van der Waals surface area contributed by atoms with Crippen molar-refractivity contribution in [2.24, 2.45) is 11.8 Å². The van der Waals surface area contributed by atoms with Crippen LogP contribution in [0.15, 0.2) is 18.2 Å². The van der Waals surface area contributed by atoms with Crippen LogP contribution in [-0.4, -0.2) is 19.8 Å². The van der Waals surface area contributed by atoms with E-state index in [-0.39, 0.29) is 0 Å². The Labute approximate surface area is 122 Å². The molecule has 2 rings (SSSR count). The lowest BCUT2D eigenvalue weighted by Gasteiger charge is -2.25. The molecular formula is C17H27NO2. The third-order valence-electron chi connectivity index (χ3n) is 4.01. The van der Waals surface area contributed by atoms with Crippen molar-refractivity contribution in [3.8, 4) is 11.5 Å². The molecule has 1 N–H and O–H groups in total. The van der Waals surface area contributed by atoms with E-state index in [9.17, 15) is 0 Å². The van der Waals surface area contributed by atoms with Gasteiger partial charge in [0.05, 0.1) is 13.2 Å². The summed E-state index contributed by atoms with van der Waals surface area (Å²) in [6.07, 6.45) is 1.16. The van der Waals surface area contributed by atoms with Crippen LogP contribution in [0.3, 0.4) is 0 Å². The molecule has 0 spiro atoms. The number of hydrogen-bond acceptors (Lipinski definition) is 3. The van der Waals surface area contributed by atoms with Crippen LogP contribution in [0.2, 0.25) is 0 Å². The minimum Gasteiger partial charge on any atom is -0.489 e. The molecule has 3 unspecified atom stereocenters. The molecule has 0 bridgehead atoms. The van der Waals surface area contributed by atoms with Gasteiger partial charge < -0.3 is 14.8 Å². The zero-order chi connectivity index (χ0) is 14.5. The van der Waals surface area contributed by atoms with Gasteiger partial charge in [-0.3, -0.25) is 0 Å². The summed E-state index contributed by atoms with van der Waals surface area (Å²) in [4.78, 5) is 0. The second-order valence-electron chi connectivity index (χ2n) is 5.85. The lowest BCUT2D eigenvalue weighted by molar-refractivity contribution is 0.228. The second kappa shape index (κ2) is 6.98. The summed E-state index contributed by atoms with van der Waals surface area (Å²) >= 11 is 0. The van der Waals surface area contributed by atoms with Crippen LogP contribution < -0.4 is 14.8 Å². The summed E-state index contributed by atoms with van der Waals surface area (Å²) in [6.45, 7) is 11.3. The molecular weight excluding hydrogens is 250 g/mol. The van der Waals surface area contributed by atoms with Gasteiger partial charge in [0, 0.05) is 12.0 Å². The van der Waals surface area contributed by atoms with Crippen molar-refractivity contribution in [3.63, 3.8) is 0 Å². The first-order chi connectivity index (χ1) is 9.65. The van der Waals surface area contributed by atoms with Gasteiger partial charge >= 0.3 is 0 Å². The number of fused-ring (bicyclic) bond motifs is 1. The van der Waals surface area contributed by atoms with Gasteiger partial charge in [0.2, 0.25) is 0 Å². The highest BCUT2D eigenvalue weighted by Crippen LogP contribution is 2.35. The van der Waals surface area contributed by atoms with Crippen molar-refractivity contribution in [3.05, 3.63) is 23.8 Å². The number of nitrogens with one attached hydrogen (secondary N) is 1. The fourth-order valence-corrected chi connectivity index (χ4v) is 2.57. The SMILES string of the molecule is CCNC(c1ccc2c(c1)OCC(C)CO2)C(C)CC. The lowest BCUT2D eigenvalue weighted by atomic mass is 9.92. The first kappa shape index (κ1) is 15.2. The second-order valence-corrected chi connectivity index (χ2v) is 5.85. The predicted octanol–water partition coefficient (Wildman–Crippen LogP) is 3.79. The van der Waals surface area contributed by atoms with Gasteiger partial charge in [-0.25, -0.2) is 0 Å². The van der Waals surface area contributed by atoms with Gasteiger partial charge in [0.1, 0.15) is 0 Å². The number of rotatable bonds is 5. The maximum Gasteiger partial charge on any atom is 0.161 e. The summed E-state index contributed by atoms with van der Waals surface area (Å²) in [6, 6.07) is 6.74. The third-order valence-corrected chi connectivity index (χ3v) is 4.01. The van der Waals surface area contributed by atoms with Crippen molar-refractivity contribution in [2.75, 3.05) is 19.8 Å². The zero-order valence-corrected chi connectivity index (χ0v) is 13.1. The van der Waals surface area contributed by atoms with E-state index in [1.54, 1.807) is 0 Å². The average Bonchev–Trinajstić information content (AvgIpc) is 2.66. The van der Waals surface area contributed by atoms with Crippen molar-refractivity contribution in [1.29, 1.82) is 0 Å². The van der Waals surface area contributed by atoms with Gasteiger partial charge in [0.15, 0.2) is 11.5 Å². The highest BCUT2D eigenvalue weighted by atomic mass is 16.5. The van der Waals surface area contributed by atoms with Crippen LogP contribution in [-0.2, 0) is 0 Å². The van der Waals surface area contributed by atoms with Crippen LogP contribution in [0.25, 0.3) is 0 Å². The summed E-state index contributed by atoms with van der Waals surface area (Å²) in [5, 5.41) is 3.58. The fourth-order valence-electron chi connectivity index (χ4n) is 2.57. The van der Waals surface area contributed by atoms with Crippen molar-refractivity contribution in [2.45, 2.75) is 40.2 Å². The molecule has 0 amide bonds. The van der Waals surface area contributed by atoms with Crippen molar-refractivity contribution >= 4 is 0 Å². The zero-order valence-electron chi connectivity index (χ0n) is 13.1. The van der Waals surface area contributed by atoms with Gasteiger partial charge in [-0.05, 0) is 30.2 Å². The average molecular weight is 277 g/mol. The minimum atomic E-state index is 0.375. The van der Waals surface area contributed by atoms with Gasteiger partial charge in [-0.15, -0.1) is 0 Å². The normalized spacial score (nSPS) is 21.1. The third kappa shape index (κ3) is 3.45. The van der Waals surface area contributed by atoms with Gasteiger partial charge in [0.25, 0.3) is 0 Å². The van der Waals surface area contributed by atoms with E-state index in [4.69, 9.17) is 9.47 Å². The quantitative estimate of drug-likeness (QED) is 0.888. The Morgan fingerprint density at radius 2 is 1.90 bits per heavy atom. The molecule has 0 aromatic heterocycles. The Morgan fingerprint density at radius 1 is 1.20 bits per heavy atom. The molecule has 1 heterocycles. The molecule has 112 valence electrons. The first-order valence-electron chi connectivity index (χ1n) is 7.78. The summed E-state index contributed by atoms with van der Waals surface area (Å²) in [5.74, 6) is 2.79. The van der Waals surface area contributed by atoms with E-state index in [1.165, 1.54) is 5.56 Å². The molecule has 1 aliphatic heterocycles. The number of hydrogen-bond donors (Lipinski definition) is 1. The molecule has 20 heavy (non-hydrogen) atoms. The Hall–Kier alpha value is -1.22. The molecule has 0 radical (unpaired) electrons. The maximum absolute atomic E-state index is 5.89. The molecule has 1 aromatic rings. The minimum absolute atomic E-state index is 0.375. The highest BCUT2D eigenvalue weighted by molar-refractivity contribution is 5.44. The summed E-state index contributed by atoms with van der Waals surface area (Å²) < 4.78 is 11.7. The Balaban J connectivity index is 2.24. The molecule has 0 fully saturated rings. The standard InChI is InChI=1S/C17H27NO2/c1-5-13(4)17(18-6-2)14-7-8-15-16(9-14)20-11-12(3)10-19-15/h7-9,12-13,17-18H,5-6,10-11H2,1-4H3. The van der Waals surface area contributed by atoms with E-state index < -0.39 is 0 Å². The summed E-state index contributed by atoms with van der Waals surface area (Å²) in [5.41, 5.74) is 1.29. The van der Waals surface area contributed by atoms with Crippen molar-refractivity contribution < 1.29 is 9.47 Å². The van der Waals surface area contributed by atoms with Crippen LogP contribution in [0.1, 0.15) is 45.7 Å². The molecule has 3 heteroatoms. The van der Waals surface area contributed by atoms with Crippen LogP contribution in [0, 0.1) is 11.8 Å². The highest BCUT2D eigenvalue weighted by Gasteiger charge is 2.20. The maximum atomic E-state index is 5.89. The molecule has 1 aromatic carbocycles. The van der Waals surface area contributed by atoms with E-state index >= 15 is 0 Å². The van der Waals surface area contributed by atoms with E-state index in [1.807, 2.05) is 0 Å². The largest absolute Gasteiger partial charge is 0.489 e. The topological polar surface area (TPSA) is 30.5 Å². The molecule has 0 saturated carbocycles. The molecule has 0 saturated heterocycles. The Bertz CT molecular complexity index is 433. The lowest BCUT2D eigenvalue weighted by Crippen LogP contribution is -2.26. The predicted molar refractivity (Wildman–Crippen MR) is 82.5 cm³/mol. The van der Waals surface area contributed by atoms with Crippen molar-refractivity contribution in [1.82, 2.24) is 5.32 Å². The van der Waals surface area contributed by atoms with E-state index in [0.717, 1.165) is 37.7 Å². The molecule has 1 aliphatic rings. The number of ether oxygens (including phenoxy) is 2. The molecule has 3 atom stereocenters. The first-order valence-corrected chi connectivity index (χ1v) is 7.78. The monoisotopic (exact) mass is 277 g/mol. The molecule has 0 aliphatic carbocycles. The number of benzene rings is 1. The van der Waals surface area contributed by atoms with Crippen LogP contribution >= 0.6 is 0 Å². The van der Waals surface area contributed by atoms with E-state index in [0.29, 0.717) is 17.9 Å². The van der Waals surface area contributed by atoms with Crippen LogP contribution in [0.4, 0.5) is 0 Å². The smallest absolute Gasteiger partial charge is 0.161 e. The molecule has 3 nitrogen and oxygen atoms in total. The Kier molecular flexibility index (Phi) is 5.30. The fraction of sp³-hybridized carbons (Fsp3) is 0.647. The van der Waals surface area contributed by atoms with Gasteiger partial charge in [-0.1, -0.05) is 40.2 Å². The van der Waals surface area contributed by atoms with Gasteiger partial charge in [-0.2, -0.15) is 0 Å². The Morgan fingerprint density at radius 3 is 2.55 bits per heavy atom. The van der Waals surface area contributed by atoms with E-state index in [2.05, 4.69) is 51.2 Å². The summed E-state index contributed by atoms with van der Waals surface area (Å²) in [7, 11) is 0.